The quantitative estimate of drug-likeness (QED) is 0.690. The van der Waals surface area contributed by atoms with Gasteiger partial charge in [-0.3, -0.25) is 9.47 Å². The zero-order valence-corrected chi connectivity index (χ0v) is 15.7. The third-order valence-electron chi connectivity index (χ3n) is 5.25. The molecule has 0 spiro atoms. The summed E-state index contributed by atoms with van der Waals surface area (Å²) in [5.74, 6) is 1.39. The van der Waals surface area contributed by atoms with Crippen molar-refractivity contribution in [1.29, 1.82) is 0 Å². The molecule has 1 aliphatic heterocycles. The number of benzene rings is 2. The average Bonchev–Trinajstić information content (AvgIpc) is 3.03. The van der Waals surface area contributed by atoms with Crippen LogP contribution >= 0.6 is 0 Å². The Morgan fingerprint density at radius 1 is 1.15 bits per heavy atom. The van der Waals surface area contributed by atoms with Crippen LogP contribution in [0.1, 0.15) is 24.4 Å². The van der Waals surface area contributed by atoms with Crippen molar-refractivity contribution in [3.05, 3.63) is 58.6 Å². The van der Waals surface area contributed by atoms with Crippen LogP contribution in [0.5, 0.6) is 11.5 Å². The van der Waals surface area contributed by atoms with Crippen LogP contribution in [0.4, 0.5) is 0 Å². The highest BCUT2D eigenvalue weighted by Gasteiger charge is 2.25. The van der Waals surface area contributed by atoms with Crippen LogP contribution in [-0.2, 0) is 6.54 Å². The van der Waals surface area contributed by atoms with E-state index >= 15 is 0 Å². The maximum atomic E-state index is 12.4. The minimum absolute atomic E-state index is 0.103. The molecule has 6 nitrogen and oxygen atoms in total. The van der Waals surface area contributed by atoms with Gasteiger partial charge in [-0.15, -0.1) is 0 Å². The maximum absolute atomic E-state index is 12.4. The SMILES string of the molecule is COc1ccc(OC)c(CN2CCC[C@H](n3c(=O)oc4ccccc43)C2)c1. The van der Waals surface area contributed by atoms with Crippen molar-refractivity contribution < 1.29 is 13.9 Å². The molecule has 1 atom stereocenters. The van der Waals surface area contributed by atoms with Crippen LogP contribution in [0.25, 0.3) is 11.1 Å². The van der Waals surface area contributed by atoms with Gasteiger partial charge >= 0.3 is 5.76 Å². The molecule has 0 N–H and O–H groups in total. The van der Waals surface area contributed by atoms with Crippen LogP contribution in [0, 0.1) is 0 Å². The van der Waals surface area contributed by atoms with E-state index in [0.29, 0.717) is 5.58 Å². The van der Waals surface area contributed by atoms with Gasteiger partial charge in [0.05, 0.1) is 25.8 Å². The van der Waals surface area contributed by atoms with Gasteiger partial charge in [0.1, 0.15) is 11.5 Å². The minimum atomic E-state index is -0.276. The van der Waals surface area contributed by atoms with E-state index in [9.17, 15) is 4.79 Å². The molecule has 6 heteroatoms. The number of nitrogens with zero attached hydrogens (tertiary/aromatic N) is 2. The fourth-order valence-corrected chi connectivity index (χ4v) is 3.96. The summed E-state index contributed by atoms with van der Waals surface area (Å²) in [7, 11) is 3.35. The van der Waals surface area contributed by atoms with Gasteiger partial charge in [-0.2, -0.15) is 0 Å². The Kier molecular flexibility index (Phi) is 4.90. The van der Waals surface area contributed by atoms with Crippen molar-refractivity contribution in [3.63, 3.8) is 0 Å². The molecule has 3 aromatic rings. The van der Waals surface area contributed by atoms with Gasteiger partial charge in [0, 0.05) is 18.7 Å². The summed E-state index contributed by atoms with van der Waals surface area (Å²) in [6.45, 7) is 2.53. The van der Waals surface area contributed by atoms with Gasteiger partial charge in [0.25, 0.3) is 0 Å². The van der Waals surface area contributed by atoms with E-state index in [2.05, 4.69) is 4.90 Å². The smallest absolute Gasteiger partial charge is 0.420 e. The second kappa shape index (κ2) is 7.48. The molecule has 1 saturated heterocycles. The van der Waals surface area contributed by atoms with Crippen molar-refractivity contribution in [2.24, 2.45) is 0 Å². The number of oxazole rings is 1. The molecule has 0 amide bonds. The van der Waals surface area contributed by atoms with Crippen LogP contribution in [0.15, 0.2) is 51.7 Å². The van der Waals surface area contributed by atoms with Crippen LogP contribution in [0.3, 0.4) is 0 Å². The van der Waals surface area contributed by atoms with E-state index in [4.69, 9.17) is 13.9 Å². The van der Waals surface area contributed by atoms with Crippen molar-refractivity contribution in [2.45, 2.75) is 25.4 Å². The minimum Gasteiger partial charge on any atom is -0.497 e. The highest BCUT2D eigenvalue weighted by Crippen LogP contribution is 2.29. The summed E-state index contributed by atoms with van der Waals surface area (Å²) >= 11 is 0. The van der Waals surface area contributed by atoms with Crippen LogP contribution < -0.4 is 15.2 Å². The number of likely N-dealkylation sites (tertiary alicyclic amines) is 1. The van der Waals surface area contributed by atoms with Crippen LogP contribution in [-0.4, -0.2) is 36.8 Å². The van der Waals surface area contributed by atoms with E-state index in [1.54, 1.807) is 14.2 Å². The van der Waals surface area contributed by atoms with E-state index < -0.39 is 0 Å². The lowest BCUT2D eigenvalue weighted by molar-refractivity contribution is 0.166. The van der Waals surface area contributed by atoms with Gasteiger partial charge in [-0.25, -0.2) is 4.79 Å². The topological polar surface area (TPSA) is 56.8 Å². The first-order valence-corrected chi connectivity index (χ1v) is 9.23. The van der Waals surface area contributed by atoms with E-state index in [0.717, 1.165) is 55.1 Å². The fraction of sp³-hybridized carbons (Fsp3) is 0.381. The predicted molar refractivity (Wildman–Crippen MR) is 104 cm³/mol. The zero-order chi connectivity index (χ0) is 18.8. The fourth-order valence-electron chi connectivity index (χ4n) is 3.96. The molecule has 142 valence electrons. The molecule has 1 aliphatic rings. The number of aromatic nitrogens is 1. The Morgan fingerprint density at radius 3 is 2.81 bits per heavy atom. The Bertz CT molecular complexity index is 991. The first-order chi connectivity index (χ1) is 13.2. The monoisotopic (exact) mass is 368 g/mol. The van der Waals surface area contributed by atoms with E-state index in [1.165, 1.54) is 0 Å². The molecule has 0 bridgehead atoms. The standard InChI is InChI=1S/C21H24N2O4/c1-25-17-9-10-19(26-2)15(12-17)13-22-11-5-6-16(14-22)23-18-7-3-4-8-20(18)27-21(23)24/h3-4,7-10,12,16H,5-6,11,13-14H2,1-2H3/t16-/m0/s1. The molecule has 1 fully saturated rings. The third kappa shape index (κ3) is 3.45. The molecule has 2 heterocycles. The highest BCUT2D eigenvalue weighted by atomic mass is 16.5. The molecule has 0 radical (unpaired) electrons. The lowest BCUT2D eigenvalue weighted by Gasteiger charge is -2.33. The number of rotatable bonds is 5. The Labute approximate surface area is 157 Å². The molecule has 27 heavy (non-hydrogen) atoms. The number of hydrogen-bond donors (Lipinski definition) is 0. The molecule has 0 unspecified atom stereocenters. The third-order valence-corrected chi connectivity index (χ3v) is 5.25. The number of fused-ring (bicyclic) bond motifs is 1. The average molecular weight is 368 g/mol. The van der Waals surface area contributed by atoms with Gasteiger partial charge < -0.3 is 13.9 Å². The molecule has 0 aliphatic carbocycles. The van der Waals surface area contributed by atoms with Crippen molar-refractivity contribution in [1.82, 2.24) is 9.47 Å². The maximum Gasteiger partial charge on any atom is 0.420 e. The van der Waals surface area contributed by atoms with Gasteiger partial charge in [0.15, 0.2) is 5.58 Å². The zero-order valence-electron chi connectivity index (χ0n) is 15.7. The second-order valence-electron chi connectivity index (χ2n) is 6.91. The van der Waals surface area contributed by atoms with Gasteiger partial charge in [0.2, 0.25) is 0 Å². The van der Waals surface area contributed by atoms with Crippen LogP contribution in [0.2, 0.25) is 0 Å². The number of piperidine rings is 1. The largest absolute Gasteiger partial charge is 0.497 e. The van der Waals surface area contributed by atoms with Crippen molar-refractivity contribution in [3.8, 4) is 11.5 Å². The molecular formula is C21H24N2O4. The summed E-state index contributed by atoms with van der Waals surface area (Å²) in [5.41, 5.74) is 2.60. The lowest BCUT2D eigenvalue weighted by atomic mass is 10.0. The molecular weight excluding hydrogens is 344 g/mol. The molecule has 0 saturated carbocycles. The lowest BCUT2D eigenvalue weighted by Crippen LogP contribution is -2.38. The number of para-hydroxylation sites is 2. The number of methoxy groups -OCH3 is 2. The first-order valence-electron chi connectivity index (χ1n) is 9.23. The molecule has 4 rings (SSSR count). The summed E-state index contributed by atoms with van der Waals surface area (Å²) in [6, 6.07) is 13.6. The summed E-state index contributed by atoms with van der Waals surface area (Å²) in [6.07, 6.45) is 2.00. The number of ether oxygens (including phenoxy) is 2. The first kappa shape index (κ1) is 17.7. The normalized spacial score (nSPS) is 17.9. The summed E-state index contributed by atoms with van der Waals surface area (Å²) in [4.78, 5) is 14.8. The van der Waals surface area contributed by atoms with E-state index in [-0.39, 0.29) is 11.8 Å². The molecule has 1 aromatic heterocycles. The van der Waals surface area contributed by atoms with Crippen molar-refractivity contribution >= 4 is 11.1 Å². The Balaban J connectivity index is 1.59. The van der Waals surface area contributed by atoms with E-state index in [1.807, 2.05) is 47.0 Å². The highest BCUT2D eigenvalue weighted by molar-refractivity contribution is 5.72. The summed E-state index contributed by atoms with van der Waals surface area (Å²) in [5, 5.41) is 0. The Hall–Kier alpha value is -2.73. The molecule has 2 aromatic carbocycles. The second-order valence-corrected chi connectivity index (χ2v) is 6.91. The Morgan fingerprint density at radius 2 is 2.00 bits per heavy atom. The summed E-state index contributed by atoms with van der Waals surface area (Å²) < 4.78 is 18.1. The number of hydrogen-bond acceptors (Lipinski definition) is 5. The van der Waals surface area contributed by atoms with Gasteiger partial charge in [-0.1, -0.05) is 12.1 Å². The predicted octanol–water partition coefficient (Wildman–Crippen LogP) is 3.45. The van der Waals surface area contributed by atoms with Gasteiger partial charge in [-0.05, 0) is 49.7 Å². The van der Waals surface area contributed by atoms with Crippen molar-refractivity contribution in [2.75, 3.05) is 27.3 Å².